The van der Waals surface area contributed by atoms with Gasteiger partial charge in [-0.3, -0.25) is 9.88 Å². The highest BCUT2D eigenvalue weighted by atomic mass is 79.9. The first kappa shape index (κ1) is 18.9. The number of aliphatic imine (C=N–C) groups is 1. The maximum Gasteiger partial charge on any atom is 0.387 e. The first-order valence-corrected chi connectivity index (χ1v) is 9.95. The van der Waals surface area contributed by atoms with Gasteiger partial charge in [0.05, 0.1) is 24.2 Å². The van der Waals surface area contributed by atoms with Crippen molar-refractivity contribution in [2.75, 3.05) is 18.5 Å². The topological polar surface area (TPSA) is 95.9 Å². The van der Waals surface area contributed by atoms with E-state index in [0.29, 0.717) is 51.7 Å². The van der Waals surface area contributed by atoms with E-state index in [1.807, 2.05) is 6.07 Å². The predicted octanol–water partition coefficient (Wildman–Crippen LogP) is 3.85. The van der Waals surface area contributed by atoms with Crippen molar-refractivity contribution in [2.45, 2.75) is 19.2 Å². The minimum Gasteiger partial charge on any atom is -0.489 e. The number of rotatable bonds is 3. The average Bonchev–Trinajstić information content (AvgIpc) is 2.88. The van der Waals surface area contributed by atoms with Gasteiger partial charge in [0.1, 0.15) is 5.75 Å². The van der Waals surface area contributed by atoms with Gasteiger partial charge in [-0.05, 0) is 18.2 Å². The Morgan fingerprint density at radius 2 is 1.97 bits per heavy atom. The average molecular weight is 480 g/mol. The van der Waals surface area contributed by atoms with Gasteiger partial charge in [0, 0.05) is 28.6 Å². The smallest absolute Gasteiger partial charge is 0.387 e. The molecule has 3 aromatic rings. The molecule has 156 valence electrons. The van der Waals surface area contributed by atoms with Crippen LogP contribution in [0.3, 0.4) is 0 Å². The number of imidazole rings is 1. The lowest BCUT2D eigenvalue weighted by atomic mass is 10.1. The van der Waals surface area contributed by atoms with Gasteiger partial charge < -0.3 is 19.9 Å². The molecular formula is C19H16BrF2N5O3. The van der Waals surface area contributed by atoms with Crippen molar-refractivity contribution in [3.8, 4) is 17.2 Å². The summed E-state index contributed by atoms with van der Waals surface area (Å²) in [6.07, 6.45) is -0.00292. The van der Waals surface area contributed by atoms with Crippen LogP contribution in [0, 0.1) is 0 Å². The number of guanidine groups is 1. The largest absolute Gasteiger partial charge is 0.489 e. The fraction of sp³-hybridized carbons (Fsp3) is 0.263. The fourth-order valence-corrected chi connectivity index (χ4v) is 3.94. The lowest BCUT2D eigenvalue weighted by Gasteiger charge is -2.25. The van der Waals surface area contributed by atoms with Crippen molar-refractivity contribution in [1.29, 1.82) is 0 Å². The summed E-state index contributed by atoms with van der Waals surface area (Å²) in [5.74, 6) is 1.72. The van der Waals surface area contributed by atoms with E-state index in [2.05, 4.69) is 31.2 Å². The van der Waals surface area contributed by atoms with E-state index in [-0.39, 0.29) is 11.7 Å². The summed E-state index contributed by atoms with van der Waals surface area (Å²) in [5, 5.41) is 2.92. The van der Waals surface area contributed by atoms with Crippen LogP contribution in [-0.4, -0.2) is 35.3 Å². The molecule has 0 unspecified atom stereocenters. The van der Waals surface area contributed by atoms with E-state index < -0.39 is 12.8 Å². The number of ether oxygens (including phenoxy) is 3. The fourth-order valence-electron chi connectivity index (χ4n) is 3.56. The van der Waals surface area contributed by atoms with Crippen LogP contribution in [0.1, 0.15) is 18.2 Å². The van der Waals surface area contributed by atoms with Crippen LogP contribution in [0.15, 0.2) is 39.8 Å². The summed E-state index contributed by atoms with van der Waals surface area (Å²) in [4.78, 5) is 9.03. The highest BCUT2D eigenvalue weighted by molar-refractivity contribution is 9.10. The van der Waals surface area contributed by atoms with Crippen molar-refractivity contribution >= 4 is 38.9 Å². The normalized spacial score (nSPS) is 17.9. The zero-order chi connectivity index (χ0) is 20.8. The molecular weight excluding hydrogens is 464 g/mol. The minimum atomic E-state index is -2.98. The summed E-state index contributed by atoms with van der Waals surface area (Å²) in [7, 11) is 0. The number of hydrogen-bond donors (Lipinski definition) is 2. The lowest BCUT2D eigenvalue weighted by Crippen LogP contribution is -2.31. The third-order valence-corrected chi connectivity index (χ3v) is 5.26. The van der Waals surface area contributed by atoms with Crippen molar-refractivity contribution in [3.63, 3.8) is 0 Å². The molecule has 0 amide bonds. The number of fused-ring (bicyclic) bond motifs is 4. The van der Waals surface area contributed by atoms with Crippen LogP contribution >= 0.6 is 15.9 Å². The number of alkyl halides is 2. The molecule has 2 aromatic carbocycles. The van der Waals surface area contributed by atoms with E-state index in [1.165, 1.54) is 6.07 Å². The Labute approximate surface area is 177 Å². The Morgan fingerprint density at radius 3 is 2.73 bits per heavy atom. The molecule has 1 atom stereocenters. The quantitative estimate of drug-likeness (QED) is 0.592. The van der Waals surface area contributed by atoms with Gasteiger partial charge in [-0.2, -0.15) is 8.78 Å². The monoisotopic (exact) mass is 479 g/mol. The number of benzene rings is 2. The molecule has 0 saturated heterocycles. The number of nitrogens with two attached hydrogens (primary N) is 1. The first-order chi connectivity index (χ1) is 14.5. The van der Waals surface area contributed by atoms with E-state index >= 15 is 0 Å². The van der Waals surface area contributed by atoms with Gasteiger partial charge in [-0.15, -0.1) is 0 Å². The summed E-state index contributed by atoms with van der Waals surface area (Å²) in [6, 6.07) is 8.34. The molecule has 0 fully saturated rings. The molecule has 0 radical (unpaired) electrons. The predicted molar refractivity (Wildman–Crippen MR) is 109 cm³/mol. The van der Waals surface area contributed by atoms with Gasteiger partial charge in [-0.1, -0.05) is 15.9 Å². The molecule has 3 heterocycles. The van der Waals surface area contributed by atoms with E-state index in [1.54, 1.807) is 22.8 Å². The first-order valence-electron chi connectivity index (χ1n) is 9.16. The van der Waals surface area contributed by atoms with E-state index in [0.717, 1.165) is 6.42 Å². The molecule has 0 saturated carbocycles. The van der Waals surface area contributed by atoms with Crippen LogP contribution in [0.25, 0.3) is 11.0 Å². The highest BCUT2D eigenvalue weighted by Gasteiger charge is 2.29. The minimum absolute atomic E-state index is 0.00112. The SMILES string of the molecule is NC1=N[C@H](c2cc(Br)ccc2OC(F)F)n2c(nc3cc4c(cc32)OCCCO4)N1. The number of halogens is 3. The standard InChI is InChI=1S/C19H16BrF2N5O3/c20-9-2-3-13(30-17(21)22)10(6-9)16-25-18(23)26-19-24-11-7-14-15(8-12(11)27(16)19)29-5-1-4-28-14/h2-3,6-8,16-17H,1,4-5H2,(H3,23,24,25,26)/t16-/m0/s1. The van der Waals surface area contributed by atoms with Gasteiger partial charge >= 0.3 is 6.61 Å². The van der Waals surface area contributed by atoms with Crippen molar-refractivity contribution in [2.24, 2.45) is 10.7 Å². The summed E-state index contributed by atoms with van der Waals surface area (Å²) < 4.78 is 44.7. The Kier molecular flexibility index (Phi) is 4.61. The number of hydrogen-bond acceptors (Lipinski definition) is 7. The molecule has 3 N–H and O–H groups in total. The maximum absolute atomic E-state index is 13.0. The molecule has 1 aromatic heterocycles. The Balaban J connectivity index is 1.71. The second kappa shape index (κ2) is 7.31. The van der Waals surface area contributed by atoms with Crippen LogP contribution < -0.4 is 25.3 Å². The van der Waals surface area contributed by atoms with Crippen LogP contribution in [0.5, 0.6) is 17.2 Å². The number of nitrogens with one attached hydrogen (secondary N) is 1. The number of anilines is 1. The molecule has 2 aliphatic rings. The van der Waals surface area contributed by atoms with Gasteiger partial charge in [0.25, 0.3) is 0 Å². The number of nitrogens with zero attached hydrogens (tertiary/aromatic N) is 3. The lowest BCUT2D eigenvalue weighted by molar-refractivity contribution is -0.0506. The Morgan fingerprint density at radius 1 is 1.20 bits per heavy atom. The second-order valence-electron chi connectivity index (χ2n) is 6.72. The van der Waals surface area contributed by atoms with Crippen molar-refractivity contribution in [3.05, 3.63) is 40.4 Å². The molecule has 5 rings (SSSR count). The zero-order valence-electron chi connectivity index (χ0n) is 15.4. The van der Waals surface area contributed by atoms with Crippen LogP contribution in [0.4, 0.5) is 14.7 Å². The van der Waals surface area contributed by atoms with Crippen LogP contribution in [-0.2, 0) is 0 Å². The molecule has 2 aliphatic heterocycles. The molecule has 11 heteroatoms. The maximum atomic E-state index is 13.0. The molecule has 30 heavy (non-hydrogen) atoms. The zero-order valence-corrected chi connectivity index (χ0v) is 17.0. The number of aromatic nitrogens is 2. The van der Waals surface area contributed by atoms with Gasteiger partial charge in [-0.25, -0.2) is 9.98 Å². The van der Waals surface area contributed by atoms with Crippen LogP contribution in [0.2, 0.25) is 0 Å². The second-order valence-corrected chi connectivity index (χ2v) is 7.63. The summed E-state index contributed by atoms with van der Waals surface area (Å²) in [5.41, 5.74) is 7.69. The molecule has 0 spiro atoms. The third-order valence-electron chi connectivity index (χ3n) is 4.77. The molecule has 0 aliphatic carbocycles. The summed E-state index contributed by atoms with van der Waals surface area (Å²) >= 11 is 3.38. The third kappa shape index (κ3) is 3.28. The van der Waals surface area contributed by atoms with Crippen molar-refractivity contribution in [1.82, 2.24) is 9.55 Å². The Bertz CT molecular complexity index is 1170. The highest BCUT2D eigenvalue weighted by Crippen LogP contribution is 2.41. The van der Waals surface area contributed by atoms with E-state index in [9.17, 15) is 8.78 Å². The van der Waals surface area contributed by atoms with Gasteiger partial charge in [0.15, 0.2) is 23.6 Å². The molecule has 0 bridgehead atoms. The van der Waals surface area contributed by atoms with Crippen molar-refractivity contribution < 1.29 is 23.0 Å². The van der Waals surface area contributed by atoms with E-state index in [4.69, 9.17) is 19.9 Å². The molecule has 8 nitrogen and oxygen atoms in total. The van der Waals surface area contributed by atoms with Gasteiger partial charge in [0.2, 0.25) is 5.95 Å². The Hall–Kier alpha value is -3.08. The summed E-state index contributed by atoms with van der Waals surface area (Å²) in [6.45, 7) is -1.90.